The quantitative estimate of drug-likeness (QED) is 0.231. The Morgan fingerprint density at radius 3 is 2.40 bits per heavy atom. The average Bonchev–Trinajstić information content (AvgIpc) is 2.99. The standard InChI is InChI=1S/C18H23NO2.C17H15FO3/c1-13(19(5)17(20)21-18(2,3)4)15-12-8-10-14-9-6-7-11-16(14)15;1-20-17(19)14-10-11(6-7-15(14)18)12-8-9-21-16-5-3-2-4-13(12)16/h6-13H,1-5H3;2-7,10,12H,8-9H2,1H3/t13-;/m1./s1. The van der Waals surface area contributed by atoms with Gasteiger partial charge in [-0.1, -0.05) is 66.7 Å². The summed E-state index contributed by atoms with van der Waals surface area (Å²) in [6.07, 6.45) is 0.492. The van der Waals surface area contributed by atoms with Gasteiger partial charge in [-0.2, -0.15) is 0 Å². The van der Waals surface area contributed by atoms with E-state index < -0.39 is 17.4 Å². The zero-order valence-electron chi connectivity index (χ0n) is 25.0. The van der Waals surface area contributed by atoms with Crippen LogP contribution in [0.5, 0.6) is 5.75 Å². The highest BCUT2D eigenvalue weighted by Crippen LogP contribution is 2.38. The molecule has 0 spiro atoms. The molecule has 0 N–H and O–H groups in total. The summed E-state index contributed by atoms with van der Waals surface area (Å²) in [6, 6.07) is 26.7. The van der Waals surface area contributed by atoms with Crippen LogP contribution in [0.25, 0.3) is 10.8 Å². The third-order valence-electron chi connectivity index (χ3n) is 7.29. The van der Waals surface area contributed by atoms with Gasteiger partial charge in [0.15, 0.2) is 0 Å². The SMILES string of the molecule is COC(=O)c1cc(C2CCOc3ccccc32)ccc1F.C[C@H](c1cccc2ccccc12)N(C)C(=O)OC(C)(C)C. The Morgan fingerprint density at radius 2 is 1.67 bits per heavy atom. The first-order chi connectivity index (χ1) is 20.0. The first-order valence-electron chi connectivity index (χ1n) is 14.0. The summed E-state index contributed by atoms with van der Waals surface area (Å²) in [5.41, 5.74) is 2.57. The van der Waals surface area contributed by atoms with Crippen LogP contribution < -0.4 is 4.74 Å². The molecule has 0 radical (unpaired) electrons. The second-order valence-electron chi connectivity index (χ2n) is 11.3. The van der Waals surface area contributed by atoms with Gasteiger partial charge in [0, 0.05) is 18.5 Å². The number of fused-ring (bicyclic) bond motifs is 2. The van der Waals surface area contributed by atoms with Crippen LogP contribution in [0.15, 0.2) is 84.9 Å². The Labute approximate surface area is 247 Å². The molecular weight excluding hydrogens is 533 g/mol. The second-order valence-corrected chi connectivity index (χ2v) is 11.3. The Hall–Kier alpha value is -4.39. The van der Waals surface area contributed by atoms with Crippen molar-refractivity contribution in [2.45, 2.75) is 51.7 Å². The third-order valence-corrected chi connectivity index (χ3v) is 7.29. The predicted octanol–water partition coefficient (Wildman–Crippen LogP) is 8.29. The monoisotopic (exact) mass is 571 g/mol. The molecule has 1 aliphatic heterocycles. The van der Waals surface area contributed by atoms with Gasteiger partial charge in [-0.25, -0.2) is 14.0 Å². The fraction of sp³-hybridized carbons (Fsp3) is 0.314. The van der Waals surface area contributed by atoms with E-state index in [2.05, 4.69) is 29.0 Å². The number of amides is 1. The molecule has 0 saturated carbocycles. The van der Waals surface area contributed by atoms with Gasteiger partial charge in [0.2, 0.25) is 0 Å². The zero-order chi connectivity index (χ0) is 30.4. The first-order valence-corrected chi connectivity index (χ1v) is 14.0. The maximum Gasteiger partial charge on any atom is 0.410 e. The number of esters is 1. The third kappa shape index (κ3) is 7.08. The number of carbonyl (C=O) groups excluding carboxylic acids is 2. The molecule has 0 aromatic heterocycles. The minimum atomic E-state index is -0.658. The van der Waals surface area contributed by atoms with Crippen LogP contribution in [0.4, 0.5) is 9.18 Å². The van der Waals surface area contributed by atoms with E-state index in [0.717, 1.165) is 28.9 Å². The summed E-state index contributed by atoms with van der Waals surface area (Å²) in [7, 11) is 3.03. The number of benzene rings is 4. The van der Waals surface area contributed by atoms with Gasteiger partial charge < -0.3 is 19.1 Å². The molecule has 1 heterocycles. The highest BCUT2D eigenvalue weighted by molar-refractivity contribution is 5.90. The van der Waals surface area contributed by atoms with Crippen molar-refractivity contribution in [2.24, 2.45) is 0 Å². The van der Waals surface area contributed by atoms with Gasteiger partial charge in [0.05, 0.1) is 25.3 Å². The molecule has 5 rings (SSSR count). The molecule has 1 aliphatic rings. The van der Waals surface area contributed by atoms with Crippen LogP contribution in [0.1, 0.15) is 73.1 Å². The molecule has 42 heavy (non-hydrogen) atoms. The Kier molecular flexibility index (Phi) is 9.51. The van der Waals surface area contributed by atoms with Crippen molar-refractivity contribution < 1.29 is 28.2 Å². The Balaban J connectivity index is 0.000000193. The molecule has 4 aromatic rings. The number of hydrogen-bond donors (Lipinski definition) is 0. The summed E-state index contributed by atoms with van der Waals surface area (Å²) >= 11 is 0. The molecule has 0 saturated heterocycles. The van der Waals surface area contributed by atoms with Gasteiger partial charge in [-0.15, -0.1) is 0 Å². The summed E-state index contributed by atoms with van der Waals surface area (Å²) in [4.78, 5) is 25.5. The number of hydrogen-bond acceptors (Lipinski definition) is 5. The number of para-hydroxylation sites is 1. The maximum atomic E-state index is 13.7. The molecule has 2 atom stereocenters. The minimum Gasteiger partial charge on any atom is -0.493 e. The topological polar surface area (TPSA) is 65.1 Å². The molecule has 6 nitrogen and oxygen atoms in total. The van der Waals surface area contributed by atoms with E-state index >= 15 is 0 Å². The van der Waals surface area contributed by atoms with Crippen LogP contribution in [0.3, 0.4) is 0 Å². The van der Waals surface area contributed by atoms with Crippen LogP contribution in [-0.2, 0) is 9.47 Å². The highest BCUT2D eigenvalue weighted by atomic mass is 19.1. The van der Waals surface area contributed by atoms with E-state index in [1.807, 2.05) is 70.2 Å². The summed E-state index contributed by atoms with van der Waals surface area (Å²) in [5.74, 6) is -0.280. The zero-order valence-corrected chi connectivity index (χ0v) is 25.0. The summed E-state index contributed by atoms with van der Waals surface area (Å²) in [6.45, 7) is 8.25. The molecule has 7 heteroatoms. The molecule has 4 aromatic carbocycles. The first kappa shape index (κ1) is 30.6. The average molecular weight is 572 g/mol. The lowest BCUT2D eigenvalue weighted by molar-refractivity contribution is 0.0234. The van der Waals surface area contributed by atoms with E-state index in [9.17, 15) is 14.0 Å². The van der Waals surface area contributed by atoms with E-state index in [1.54, 1.807) is 24.1 Å². The number of nitrogens with zero attached hydrogens (tertiary/aromatic N) is 1. The van der Waals surface area contributed by atoms with Crippen LogP contribution in [0, 0.1) is 5.82 Å². The molecule has 0 fully saturated rings. The van der Waals surface area contributed by atoms with Crippen molar-refractivity contribution in [1.82, 2.24) is 4.90 Å². The maximum absolute atomic E-state index is 13.7. The van der Waals surface area contributed by atoms with Crippen molar-refractivity contribution in [2.75, 3.05) is 20.8 Å². The van der Waals surface area contributed by atoms with E-state index in [0.29, 0.717) is 6.61 Å². The van der Waals surface area contributed by atoms with Crippen molar-refractivity contribution in [3.8, 4) is 5.75 Å². The molecule has 0 bridgehead atoms. The van der Waals surface area contributed by atoms with Gasteiger partial charge in [0.25, 0.3) is 0 Å². The summed E-state index contributed by atoms with van der Waals surface area (Å²) < 4.78 is 29.4. The van der Waals surface area contributed by atoms with E-state index in [4.69, 9.17) is 9.47 Å². The van der Waals surface area contributed by atoms with Gasteiger partial charge in [0.1, 0.15) is 17.2 Å². The van der Waals surface area contributed by atoms with Gasteiger partial charge in [-0.05, 0) is 74.2 Å². The normalized spacial score (nSPS) is 14.9. The lowest BCUT2D eigenvalue weighted by atomic mass is 9.86. The number of carbonyl (C=O) groups is 2. The number of rotatable bonds is 4. The van der Waals surface area contributed by atoms with Crippen molar-refractivity contribution in [1.29, 1.82) is 0 Å². The fourth-order valence-corrected chi connectivity index (χ4v) is 5.03. The van der Waals surface area contributed by atoms with E-state index in [-0.39, 0.29) is 23.6 Å². The smallest absolute Gasteiger partial charge is 0.410 e. The molecule has 0 aliphatic carbocycles. The lowest BCUT2D eigenvalue weighted by Gasteiger charge is -2.29. The van der Waals surface area contributed by atoms with Gasteiger partial charge in [-0.3, -0.25) is 0 Å². The highest BCUT2D eigenvalue weighted by Gasteiger charge is 2.26. The Morgan fingerprint density at radius 1 is 0.976 bits per heavy atom. The van der Waals surface area contributed by atoms with Crippen molar-refractivity contribution >= 4 is 22.8 Å². The molecule has 1 unspecified atom stereocenters. The number of halogens is 1. The predicted molar refractivity (Wildman–Crippen MR) is 162 cm³/mol. The van der Waals surface area contributed by atoms with Crippen LogP contribution in [0.2, 0.25) is 0 Å². The van der Waals surface area contributed by atoms with Crippen molar-refractivity contribution in [3.63, 3.8) is 0 Å². The van der Waals surface area contributed by atoms with Crippen LogP contribution in [-0.4, -0.2) is 43.3 Å². The minimum absolute atomic E-state index is 0.0287. The second kappa shape index (κ2) is 13.1. The molecular formula is C35H38FNO5. The van der Waals surface area contributed by atoms with Crippen LogP contribution >= 0.6 is 0 Å². The largest absolute Gasteiger partial charge is 0.493 e. The molecule has 1 amide bonds. The Bertz CT molecular complexity index is 1560. The number of ether oxygens (including phenoxy) is 3. The fourth-order valence-electron chi connectivity index (χ4n) is 5.03. The van der Waals surface area contributed by atoms with Crippen molar-refractivity contribution in [3.05, 3.63) is 113 Å². The van der Waals surface area contributed by atoms with Gasteiger partial charge >= 0.3 is 12.1 Å². The summed E-state index contributed by atoms with van der Waals surface area (Å²) in [5, 5.41) is 2.35. The number of methoxy groups -OCH3 is 1. The molecule has 220 valence electrons. The van der Waals surface area contributed by atoms with E-state index in [1.165, 1.54) is 23.9 Å². The lowest BCUT2D eigenvalue weighted by Crippen LogP contribution is -2.35.